The van der Waals surface area contributed by atoms with Crippen molar-refractivity contribution in [1.29, 1.82) is 0 Å². The molecule has 1 unspecified atom stereocenters. The van der Waals surface area contributed by atoms with Crippen LogP contribution in [0.2, 0.25) is 0 Å². The zero-order valence-electron chi connectivity index (χ0n) is 22.3. The minimum absolute atomic E-state index is 0.0232. The van der Waals surface area contributed by atoms with E-state index in [9.17, 15) is 31.5 Å². The van der Waals surface area contributed by atoms with E-state index in [1.54, 1.807) is 4.68 Å². The van der Waals surface area contributed by atoms with Crippen molar-refractivity contribution in [3.05, 3.63) is 40.6 Å². The van der Waals surface area contributed by atoms with Gasteiger partial charge in [-0.1, -0.05) is 6.07 Å². The molecule has 2 aromatic rings. The highest BCUT2D eigenvalue weighted by Gasteiger charge is 2.36. The van der Waals surface area contributed by atoms with Gasteiger partial charge in [0.25, 0.3) is 0 Å². The minimum atomic E-state index is -4.78. The molecule has 3 heterocycles. The molecule has 1 aromatic heterocycles. The number of primary amides is 1. The molecule has 0 saturated carbocycles. The van der Waals surface area contributed by atoms with E-state index in [0.29, 0.717) is 30.3 Å². The molecule has 0 radical (unpaired) electrons. The van der Waals surface area contributed by atoms with Crippen LogP contribution < -0.4 is 5.73 Å². The van der Waals surface area contributed by atoms with E-state index in [1.807, 2.05) is 0 Å². The van der Waals surface area contributed by atoms with Crippen LogP contribution in [0.5, 0.6) is 0 Å². The predicted molar refractivity (Wildman–Crippen MR) is 139 cm³/mol. The number of aliphatic hydroxyl groups excluding tert-OH is 1. The fraction of sp³-hybridized carbons (Fsp3) is 0.600. The molecule has 1 aromatic carbocycles. The molecule has 1 saturated heterocycles. The third-order valence-electron chi connectivity index (χ3n) is 7.57. The monoisotopic (exact) mass is 572 g/mol. The van der Waals surface area contributed by atoms with Gasteiger partial charge < -0.3 is 20.6 Å². The summed E-state index contributed by atoms with van der Waals surface area (Å²) in [5.41, 5.74) is 5.12. The molecule has 39 heavy (non-hydrogen) atoms. The number of benzene rings is 1. The highest BCUT2D eigenvalue weighted by molar-refractivity contribution is 7.88. The van der Waals surface area contributed by atoms with Crippen molar-refractivity contribution >= 4 is 15.9 Å². The molecule has 1 amide bonds. The summed E-state index contributed by atoms with van der Waals surface area (Å²) in [4.78, 5) is 16.3. The number of fused-ring (bicyclic) bond motifs is 1. The summed E-state index contributed by atoms with van der Waals surface area (Å²) in [7, 11) is 0.569. The van der Waals surface area contributed by atoms with Gasteiger partial charge in [-0.15, -0.1) is 0 Å². The van der Waals surface area contributed by atoms with Gasteiger partial charge in [0.15, 0.2) is 0 Å². The van der Waals surface area contributed by atoms with E-state index < -0.39 is 39.3 Å². The number of halogens is 3. The zero-order chi connectivity index (χ0) is 28.7. The average molecular weight is 573 g/mol. The summed E-state index contributed by atoms with van der Waals surface area (Å²) >= 11 is 0. The molecule has 14 heteroatoms. The maximum Gasteiger partial charge on any atom is 0.417 e. The Morgan fingerprint density at radius 3 is 2.44 bits per heavy atom. The van der Waals surface area contributed by atoms with Crippen LogP contribution in [0.3, 0.4) is 0 Å². The van der Waals surface area contributed by atoms with E-state index in [2.05, 4.69) is 29.0 Å². The van der Waals surface area contributed by atoms with Gasteiger partial charge in [0.1, 0.15) is 0 Å². The summed E-state index contributed by atoms with van der Waals surface area (Å²) in [6.45, 7) is 2.47. The predicted octanol–water partition coefficient (Wildman–Crippen LogP) is 1.37. The van der Waals surface area contributed by atoms with E-state index in [4.69, 9.17) is 5.73 Å². The molecule has 3 N–H and O–H groups in total. The van der Waals surface area contributed by atoms with Gasteiger partial charge in [0.05, 0.1) is 35.7 Å². The lowest BCUT2D eigenvalue weighted by Gasteiger charge is -2.36. The number of piperidine rings is 1. The lowest BCUT2D eigenvalue weighted by atomic mass is 9.97. The highest BCUT2D eigenvalue weighted by atomic mass is 32.2. The number of nitrogens with zero attached hydrogens (tertiary/aromatic N) is 5. The Morgan fingerprint density at radius 2 is 1.87 bits per heavy atom. The molecule has 4 rings (SSSR count). The Kier molecular flexibility index (Phi) is 8.43. The Bertz CT molecular complexity index is 1320. The van der Waals surface area contributed by atoms with Crippen LogP contribution in [0.25, 0.3) is 11.3 Å². The number of hydrogen-bond acceptors (Lipinski definition) is 7. The first-order chi connectivity index (χ1) is 18.1. The summed E-state index contributed by atoms with van der Waals surface area (Å²) in [6, 6.07) is 3.53. The molecule has 216 valence electrons. The average Bonchev–Trinajstić information content (AvgIpc) is 3.20. The zero-order valence-corrected chi connectivity index (χ0v) is 23.1. The second kappa shape index (κ2) is 11.2. The first-order valence-corrected chi connectivity index (χ1v) is 14.6. The van der Waals surface area contributed by atoms with Crippen molar-refractivity contribution in [2.45, 2.75) is 50.7 Å². The number of rotatable bonds is 8. The molecule has 0 aliphatic carbocycles. The minimum Gasteiger partial charge on any atom is -0.390 e. The smallest absolute Gasteiger partial charge is 0.390 e. The molecule has 1 fully saturated rings. The fourth-order valence-corrected chi connectivity index (χ4v) is 6.23. The summed E-state index contributed by atoms with van der Waals surface area (Å²) in [5, 5.41) is 15.5. The summed E-state index contributed by atoms with van der Waals surface area (Å²) < 4.78 is 67.8. The van der Waals surface area contributed by atoms with Crippen LogP contribution in [-0.4, -0.2) is 102 Å². The Morgan fingerprint density at radius 1 is 1.21 bits per heavy atom. The number of nitrogens with two attached hydrogens (primary N) is 1. The number of aromatic nitrogens is 2. The van der Waals surface area contributed by atoms with Gasteiger partial charge in [0, 0.05) is 48.9 Å². The van der Waals surface area contributed by atoms with Crippen LogP contribution in [0, 0.1) is 0 Å². The number of hydrogen-bond donors (Lipinski definition) is 2. The quantitative estimate of drug-likeness (QED) is 0.490. The first-order valence-electron chi connectivity index (χ1n) is 12.8. The number of amides is 1. The van der Waals surface area contributed by atoms with Crippen molar-refractivity contribution in [2.75, 3.05) is 46.5 Å². The topological polar surface area (TPSA) is 125 Å². The maximum atomic E-state index is 13.5. The lowest BCUT2D eigenvalue weighted by Crippen LogP contribution is -2.45. The van der Waals surface area contributed by atoms with Gasteiger partial charge in [-0.25, -0.2) is 8.42 Å². The van der Waals surface area contributed by atoms with Crippen molar-refractivity contribution < 1.29 is 31.5 Å². The van der Waals surface area contributed by atoms with Crippen LogP contribution in [0.1, 0.15) is 40.0 Å². The number of β-amino-alcohol motifs (C(OH)–C–C–N with tert-alkyl or cyclic N) is 1. The summed E-state index contributed by atoms with van der Waals surface area (Å²) in [5.74, 6) is -1.23. The van der Waals surface area contributed by atoms with Crippen LogP contribution >= 0.6 is 0 Å². The molecular formula is C25H35F3N6O4S. The first kappa shape index (κ1) is 29.5. The second-order valence-corrected chi connectivity index (χ2v) is 12.6. The molecule has 10 nitrogen and oxygen atoms in total. The van der Waals surface area contributed by atoms with Gasteiger partial charge in [0.2, 0.25) is 15.9 Å². The molecule has 0 bridgehead atoms. The number of aliphatic hydroxyl groups is 1. The maximum absolute atomic E-state index is 13.5. The highest BCUT2D eigenvalue weighted by Crippen LogP contribution is 2.36. The third-order valence-corrected chi connectivity index (χ3v) is 8.82. The molecule has 1 atom stereocenters. The van der Waals surface area contributed by atoms with Gasteiger partial charge in [-0.2, -0.15) is 22.6 Å². The Labute approximate surface area is 226 Å². The van der Waals surface area contributed by atoms with Crippen molar-refractivity contribution in [2.24, 2.45) is 5.73 Å². The standard InChI is InChI=1S/C25H35F3N6O4S/c1-31(2)17-6-9-32(10-7-17)13-18(35)14-34-22-8-11-33(39(3,37)38)15-20(22)23(30-34)16-4-5-21(25(26,27)28)19(12-16)24(29)36/h4-5,12,17-18,35H,6-11,13-15H2,1-3H3,(H2,29,36). The van der Waals surface area contributed by atoms with Gasteiger partial charge in [-0.3, -0.25) is 9.48 Å². The van der Waals surface area contributed by atoms with E-state index in [-0.39, 0.29) is 30.9 Å². The second-order valence-electron chi connectivity index (χ2n) is 10.6. The summed E-state index contributed by atoms with van der Waals surface area (Å²) in [6.07, 6.45) is -2.13. The molecule has 2 aliphatic heterocycles. The molecule has 2 aliphatic rings. The largest absolute Gasteiger partial charge is 0.417 e. The Balaban J connectivity index is 1.65. The van der Waals surface area contributed by atoms with E-state index in [1.165, 1.54) is 10.4 Å². The fourth-order valence-electron chi connectivity index (χ4n) is 5.45. The van der Waals surface area contributed by atoms with Crippen LogP contribution in [-0.2, 0) is 35.7 Å². The van der Waals surface area contributed by atoms with E-state index >= 15 is 0 Å². The Hall–Kier alpha value is -2.52. The number of likely N-dealkylation sites (tertiary alicyclic amines) is 1. The number of carbonyl (C=O) groups is 1. The van der Waals surface area contributed by atoms with Gasteiger partial charge in [-0.05, 0) is 52.2 Å². The molecule has 0 spiro atoms. The SMILES string of the molecule is CN(C)C1CCN(CC(O)Cn2nc(-c3ccc(C(F)(F)F)c(C(N)=O)c3)c3c2CCN(S(C)(=O)=O)C3)CC1. The third kappa shape index (κ3) is 6.62. The van der Waals surface area contributed by atoms with Crippen molar-refractivity contribution in [1.82, 2.24) is 23.9 Å². The lowest BCUT2D eigenvalue weighted by molar-refractivity contribution is -0.137. The normalized spacial score (nSPS) is 18.9. The number of carbonyl (C=O) groups excluding carboxylic acids is 1. The number of alkyl halides is 3. The van der Waals surface area contributed by atoms with E-state index in [0.717, 1.165) is 44.3 Å². The number of sulfonamides is 1. The van der Waals surface area contributed by atoms with Crippen molar-refractivity contribution in [3.8, 4) is 11.3 Å². The molecular weight excluding hydrogens is 537 g/mol. The van der Waals surface area contributed by atoms with Gasteiger partial charge >= 0.3 is 6.18 Å². The van der Waals surface area contributed by atoms with Crippen molar-refractivity contribution in [3.63, 3.8) is 0 Å². The van der Waals surface area contributed by atoms with Crippen LogP contribution in [0.15, 0.2) is 18.2 Å². The van der Waals surface area contributed by atoms with Crippen LogP contribution in [0.4, 0.5) is 13.2 Å².